The molecule has 31 heavy (non-hydrogen) atoms. The fourth-order valence-corrected chi connectivity index (χ4v) is 3.86. The van der Waals surface area contributed by atoms with E-state index in [1.807, 2.05) is 44.2 Å². The molecule has 0 spiro atoms. The summed E-state index contributed by atoms with van der Waals surface area (Å²) in [6.45, 7) is 6.01. The molecule has 1 aromatic carbocycles. The first-order valence-corrected chi connectivity index (χ1v) is 10.5. The third kappa shape index (κ3) is 4.72. The number of fused-ring (bicyclic) bond motifs is 1. The second-order valence-corrected chi connectivity index (χ2v) is 7.65. The Morgan fingerprint density at radius 1 is 1.32 bits per heavy atom. The van der Waals surface area contributed by atoms with Crippen LogP contribution in [0.15, 0.2) is 36.5 Å². The maximum atomic E-state index is 11.5. The Morgan fingerprint density at radius 2 is 2.13 bits per heavy atom. The number of rotatable bonds is 8. The standard InChI is InChI=1S/C22H28N6O3/c1-3-30-17-6-4-16(5-7-17)26-21-14(2)22(27-20-9-11-25-28(20)21)31-18-13-24-10-8-15(18)12-19(23)29/h4-7,9,11,15,18,24,26H,3,8,10,12-13H2,1-2H3,(H2,23,29)/t15-,18+/m1/s1. The van der Waals surface area contributed by atoms with Crippen molar-refractivity contribution in [1.82, 2.24) is 19.9 Å². The molecule has 4 rings (SSSR count). The summed E-state index contributed by atoms with van der Waals surface area (Å²) >= 11 is 0. The van der Waals surface area contributed by atoms with Crippen molar-refractivity contribution in [3.8, 4) is 11.6 Å². The number of ether oxygens (including phenoxy) is 2. The second-order valence-electron chi connectivity index (χ2n) is 7.65. The smallest absolute Gasteiger partial charge is 0.222 e. The van der Waals surface area contributed by atoms with Gasteiger partial charge in [-0.15, -0.1) is 0 Å². The zero-order valence-corrected chi connectivity index (χ0v) is 17.8. The summed E-state index contributed by atoms with van der Waals surface area (Å²) in [6, 6.07) is 9.57. The van der Waals surface area contributed by atoms with Gasteiger partial charge in [0, 0.05) is 30.6 Å². The highest BCUT2D eigenvalue weighted by Crippen LogP contribution is 2.31. The summed E-state index contributed by atoms with van der Waals surface area (Å²) in [4.78, 5) is 16.2. The van der Waals surface area contributed by atoms with Gasteiger partial charge in [0.2, 0.25) is 11.8 Å². The van der Waals surface area contributed by atoms with Crippen molar-refractivity contribution < 1.29 is 14.3 Å². The molecule has 1 aliphatic rings. The summed E-state index contributed by atoms with van der Waals surface area (Å²) in [5, 5.41) is 11.2. The number of carbonyl (C=O) groups is 1. The number of hydrogen-bond donors (Lipinski definition) is 3. The maximum Gasteiger partial charge on any atom is 0.222 e. The topological polar surface area (TPSA) is 116 Å². The quantitative estimate of drug-likeness (QED) is 0.508. The van der Waals surface area contributed by atoms with Crippen LogP contribution in [0.3, 0.4) is 0 Å². The highest BCUT2D eigenvalue weighted by Gasteiger charge is 2.29. The van der Waals surface area contributed by atoms with E-state index in [-0.39, 0.29) is 17.9 Å². The minimum Gasteiger partial charge on any atom is -0.494 e. The summed E-state index contributed by atoms with van der Waals surface area (Å²) < 4.78 is 13.6. The third-order valence-electron chi connectivity index (χ3n) is 5.44. The predicted octanol–water partition coefficient (Wildman–Crippen LogP) is 2.41. The number of nitrogens with one attached hydrogen (secondary N) is 2. The first-order chi connectivity index (χ1) is 15.0. The molecule has 9 heteroatoms. The van der Waals surface area contributed by atoms with Crippen LogP contribution in [0.5, 0.6) is 11.6 Å². The summed E-state index contributed by atoms with van der Waals surface area (Å²) in [5.41, 5.74) is 7.84. The van der Waals surface area contributed by atoms with E-state index in [0.29, 0.717) is 31.1 Å². The van der Waals surface area contributed by atoms with Crippen LogP contribution in [-0.2, 0) is 4.79 Å². The zero-order valence-electron chi connectivity index (χ0n) is 17.8. The van der Waals surface area contributed by atoms with Crippen LogP contribution in [0.4, 0.5) is 11.5 Å². The fourth-order valence-electron chi connectivity index (χ4n) is 3.86. The Labute approximate surface area is 180 Å². The zero-order chi connectivity index (χ0) is 21.8. The molecule has 0 aliphatic carbocycles. The molecular weight excluding hydrogens is 396 g/mol. The van der Waals surface area contributed by atoms with E-state index in [1.54, 1.807) is 10.7 Å². The highest BCUT2D eigenvalue weighted by molar-refractivity contribution is 5.74. The number of hydrogen-bond acceptors (Lipinski definition) is 7. The van der Waals surface area contributed by atoms with Crippen molar-refractivity contribution in [3.63, 3.8) is 0 Å². The first-order valence-electron chi connectivity index (χ1n) is 10.5. The number of anilines is 2. The monoisotopic (exact) mass is 424 g/mol. The van der Waals surface area contributed by atoms with Crippen molar-refractivity contribution in [2.45, 2.75) is 32.8 Å². The van der Waals surface area contributed by atoms with E-state index >= 15 is 0 Å². The molecule has 0 bridgehead atoms. The molecule has 0 radical (unpaired) electrons. The van der Waals surface area contributed by atoms with Gasteiger partial charge >= 0.3 is 0 Å². The van der Waals surface area contributed by atoms with Crippen LogP contribution >= 0.6 is 0 Å². The Bertz CT molecular complexity index is 1050. The predicted molar refractivity (Wildman–Crippen MR) is 118 cm³/mol. The Morgan fingerprint density at radius 3 is 2.87 bits per heavy atom. The number of benzene rings is 1. The van der Waals surface area contributed by atoms with Gasteiger partial charge in [0.15, 0.2) is 5.65 Å². The molecule has 0 unspecified atom stereocenters. The van der Waals surface area contributed by atoms with Crippen molar-refractivity contribution in [1.29, 1.82) is 0 Å². The molecule has 1 aliphatic heterocycles. The highest BCUT2D eigenvalue weighted by atomic mass is 16.5. The Hall–Kier alpha value is -3.33. The summed E-state index contributed by atoms with van der Waals surface area (Å²) in [6.07, 6.45) is 2.65. The molecule has 3 heterocycles. The van der Waals surface area contributed by atoms with Gasteiger partial charge in [0.1, 0.15) is 17.7 Å². The average molecular weight is 425 g/mol. The number of primary amides is 1. The lowest BCUT2D eigenvalue weighted by molar-refractivity contribution is -0.119. The van der Waals surface area contributed by atoms with Gasteiger partial charge < -0.3 is 25.8 Å². The largest absolute Gasteiger partial charge is 0.494 e. The van der Waals surface area contributed by atoms with Gasteiger partial charge in [-0.1, -0.05) is 0 Å². The number of nitrogens with zero attached hydrogens (tertiary/aromatic N) is 3. The summed E-state index contributed by atoms with van der Waals surface area (Å²) in [7, 11) is 0. The average Bonchev–Trinajstić information content (AvgIpc) is 3.22. The van der Waals surface area contributed by atoms with E-state index in [9.17, 15) is 4.79 Å². The van der Waals surface area contributed by atoms with Crippen molar-refractivity contribution >= 4 is 23.1 Å². The normalized spacial score (nSPS) is 18.6. The number of amides is 1. The van der Waals surface area contributed by atoms with Gasteiger partial charge in [-0.2, -0.15) is 14.6 Å². The Kier molecular flexibility index (Phi) is 6.22. The van der Waals surface area contributed by atoms with E-state index in [1.165, 1.54) is 0 Å². The number of aromatic nitrogens is 3. The van der Waals surface area contributed by atoms with Gasteiger partial charge in [-0.3, -0.25) is 4.79 Å². The van der Waals surface area contributed by atoms with Gasteiger partial charge in [0.25, 0.3) is 0 Å². The summed E-state index contributed by atoms with van der Waals surface area (Å²) in [5.74, 6) is 1.85. The fraction of sp³-hybridized carbons (Fsp3) is 0.409. The minimum atomic E-state index is -0.311. The third-order valence-corrected chi connectivity index (χ3v) is 5.44. The lowest BCUT2D eigenvalue weighted by atomic mass is 9.91. The molecule has 1 fully saturated rings. The lowest BCUT2D eigenvalue weighted by Crippen LogP contribution is -2.45. The first kappa shape index (κ1) is 20.9. The van der Waals surface area contributed by atoms with Crippen LogP contribution in [0, 0.1) is 12.8 Å². The molecule has 2 aromatic heterocycles. The SMILES string of the molecule is CCOc1ccc(Nc2c(C)c(O[C@H]3CNCC[C@@H]3CC(N)=O)nc3ccnn23)cc1. The van der Waals surface area contributed by atoms with Crippen molar-refractivity contribution in [3.05, 3.63) is 42.1 Å². The molecule has 4 N–H and O–H groups in total. The van der Waals surface area contributed by atoms with E-state index < -0.39 is 0 Å². The molecule has 0 saturated carbocycles. The lowest BCUT2D eigenvalue weighted by Gasteiger charge is -2.32. The van der Waals surface area contributed by atoms with Crippen LogP contribution in [-0.4, -0.2) is 46.3 Å². The van der Waals surface area contributed by atoms with E-state index in [4.69, 9.17) is 15.2 Å². The van der Waals surface area contributed by atoms with E-state index in [2.05, 4.69) is 20.7 Å². The number of nitrogens with two attached hydrogens (primary N) is 1. The molecular formula is C22H28N6O3. The minimum absolute atomic E-state index is 0.0589. The molecule has 1 amide bonds. The van der Waals surface area contributed by atoms with Crippen LogP contribution < -0.4 is 25.8 Å². The molecule has 1 saturated heterocycles. The molecule has 3 aromatic rings. The molecule has 2 atom stereocenters. The van der Waals surface area contributed by atoms with Gasteiger partial charge in [0.05, 0.1) is 18.4 Å². The van der Waals surface area contributed by atoms with Crippen molar-refractivity contribution in [2.75, 3.05) is 25.0 Å². The van der Waals surface area contributed by atoms with Crippen LogP contribution in [0.1, 0.15) is 25.3 Å². The molecule has 9 nitrogen and oxygen atoms in total. The van der Waals surface area contributed by atoms with Gasteiger partial charge in [-0.05, 0) is 51.1 Å². The van der Waals surface area contributed by atoms with Crippen LogP contribution in [0.25, 0.3) is 5.65 Å². The Balaban J connectivity index is 1.63. The number of piperidine rings is 1. The number of carbonyl (C=O) groups excluding carboxylic acids is 1. The van der Waals surface area contributed by atoms with Crippen molar-refractivity contribution in [2.24, 2.45) is 11.7 Å². The second kappa shape index (κ2) is 9.22. The van der Waals surface area contributed by atoms with Crippen LogP contribution in [0.2, 0.25) is 0 Å². The van der Waals surface area contributed by atoms with Gasteiger partial charge in [-0.25, -0.2) is 0 Å². The maximum absolute atomic E-state index is 11.5. The molecule has 164 valence electrons. The van der Waals surface area contributed by atoms with E-state index in [0.717, 1.165) is 35.8 Å².